The number of rotatable bonds is 10. The Morgan fingerprint density at radius 3 is 2.07 bits per heavy atom. The molecule has 2 atom stereocenters. The van der Waals surface area contributed by atoms with Gasteiger partial charge in [0.15, 0.2) is 0 Å². The molecule has 0 fully saturated rings. The summed E-state index contributed by atoms with van der Waals surface area (Å²) in [5.41, 5.74) is 9.83. The normalized spacial score (nSPS) is 13.8. The van der Waals surface area contributed by atoms with Crippen LogP contribution in [-0.2, 0) is 4.79 Å². The van der Waals surface area contributed by atoms with Gasteiger partial charge in [0.25, 0.3) is 0 Å². The minimum atomic E-state index is -0.215. The van der Waals surface area contributed by atoms with Crippen molar-refractivity contribution in [3.8, 4) is 0 Å². The lowest BCUT2D eigenvalue weighted by Crippen LogP contribution is -2.28. The van der Waals surface area contributed by atoms with E-state index in [9.17, 15) is 4.79 Å². The SMILES string of the molecule is C=C(/C(=C\C(CCC(CC)C(N)=O)NC)c1ccccc1)c1ccccc1. The third-order valence-corrected chi connectivity index (χ3v) is 4.99. The highest BCUT2D eigenvalue weighted by Crippen LogP contribution is 2.30. The van der Waals surface area contributed by atoms with Crippen LogP contribution in [-0.4, -0.2) is 19.0 Å². The maximum Gasteiger partial charge on any atom is 0.220 e. The molecule has 1 amide bonds. The number of carbonyl (C=O) groups excluding carboxylic acids is 1. The molecule has 0 saturated heterocycles. The molecule has 0 saturated carbocycles. The van der Waals surface area contributed by atoms with E-state index in [0.29, 0.717) is 0 Å². The zero-order chi connectivity index (χ0) is 19.6. The number of amides is 1. The summed E-state index contributed by atoms with van der Waals surface area (Å²) in [7, 11) is 1.94. The van der Waals surface area contributed by atoms with Crippen LogP contribution in [0.1, 0.15) is 37.3 Å². The third kappa shape index (κ3) is 5.93. The average molecular weight is 363 g/mol. The van der Waals surface area contributed by atoms with Gasteiger partial charge in [-0.15, -0.1) is 0 Å². The maximum absolute atomic E-state index is 11.5. The van der Waals surface area contributed by atoms with Gasteiger partial charge in [-0.05, 0) is 48.6 Å². The molecule has 2 aromatic carbocycles. The second kappa shape index (κ2) is 10.5. The van der Waals surface area contributed by atoms with Crippen molar-refractivity contribution >= 4 is 17.1 Å². The molecule has 0 aliphatic carbocycles. The van der Waals surface area contributed by atoms with Crippen molar-refractivity contribution in [2.75, 3.05) is 7.05 Å². The second-order valence-electron chi connectivity index (χ2n) is 6.77. The Hall–Kier alpha value is -2.65. The van der Waals surface area contributed by atoms with Crippen molar-refractivity contribution in [3.63, 3.8) is 0 Å². The monoisotopic (exact) mass is 362 g/mol. The standard InChI is InChI=1S/C24H30N2O/c1-4-19(24(25)27)15-16-22(26-3)17-23(21-13-9-6-10-14-21)18(2)20-11-7-5-8-12-20/h5-14,17,19,22,26H,2,4,15-16H2,1,3H3,(H2,25,27)/b23-17+. The molecule has 2 rings (SSSR count). The fourth-order valence-corrected chi connectivity index (χ4v) is 3.22. The molecule has 2 aromatic rings. The number of nitrogens with one attached hydrogen (secondary N) is 1. The summed E-state index contributed by atoms with van der Waals surface area (Å²) in [6, 6.07) is 20.6. The van der Waals surface area contributed by atoms with Crippen molar-refractivity contribution in [1.82, 2.24) is 5.32 Å². The highest BCUT2D eigenvalue weighted by molar-refractivity contribution is 6.04. The van der Waals surface area contributed by atoms with Crippen LogP contribution in [0.15, 0.2) is 73.3 Å². The Morgan fingerprint density at radius 1 is 1.04 bits per heavy atom. The van der Waals surface area contributed by atoms with Gasteiger partial charge in [-0.25, -0.2) is 0 Å². The smallest absolute Gasteiger partial charge is 0.220 e. The molecule has 2 unspecified atom stereocenters. The van der Waals surface area contributed by atoms with E-state index < -0.39 is 0 Å². The predicted octanol–water partition coefficient (Wildman–Crippen LogP) is 4.66. The highest BCUT2D eigenvalue weighted by Gasteiger charge is 2.16. The molecule has 142 valence electrons. The van der Waals surface area contributed by atoms with Gasteiger partial charge in [-0.1, -0.05) is 80.2 Å². The number of primary amides is 1. The molecule has 0 aliphatic heterocycles. The highest BCUT2D eigenvalue weighted by atomic mass is 16.1. The van der Waals surface area contributed by atoms with Gasteiger partial charge in [-0.3, -0.25) is 4.79 Å². The molecular formula is C24H30N2O. The maximum atomic E-state index is 11.5. The van der Waals surface area contributed by atoms with Gasteiger partial charge >= 0.3 is 0 Å². The molecule has 3 heteroatoms. The van der Waals surface area contributed by atoms with Crippen LogP contribution in [0.4, 0.5) is 0 Å². The molecule has 0 heterocycles. The van der Waals surface area contributed by atoms with Gasteiger partial charge in [0.2, 0.25) is 5.91 Å². The quantitative estimate of drug-likeness (QED) is 0.604. The van der Waals surface area contributed by atoms with E-state index in [-0.39, 0.29) is 17.9 Å². The van der Waals surface area contributed by atoms with Crippen LogP contribution in [0.3, 0.4) is 0 Å². The molecule has 27 heavy (non-hydrogen) atoms. The van der Waals surface area contributed by atoms with Gasteiger partial charge in [0.05, 0.1) is 0 Å². The number of allylic oxidation sites excluding steroid dienone is 2. The summed E-state index contributed by atoms with van der Waals surface area (Å²) in [6.07, 6.45) is 4.61. The molecule has 0 radical (unpaired) electrons. The van der Waals surface area contributed by atoms with Crippen LogP contribution >= 0.6 is 0 Å². The molecule has 3 nitrogen and oxygen atoms in total. The van der Waals surface area contributed by atoms with Crippen molar-refractivity contribution in [3.05, 3.63) is 84.4 Å². The number of hydrogen-bond acceptors (Lipinski definition) is 2. The summed E-state index contributed by atoms with van der Waals surface area (Å²) in [5.74, 6) is -0.292. The van der Waals surface area contributed by atoms with Crippen molar-refractivity contribution < 1.29 is 4.79 Å². The Bertz CT molecular complexity index is 765. The first-order chi connectivity index (χ1) is 13.1. The number of carbonyl (C=O) groups is 1. The van der Waals surface area contributed by atoms with Gasteiger partial charge in [-0.2, -0.15) is 0 Å². The Balaban J connectivity index is 2.31. The first-order valence-corrected chi connectivity index (χ1v) is 9.55. The summed E-state index contributed by atoms with van der Waals surface area (Å²) in [6.45, 7) is 6.36. The summed E-state index contributed by atoms with van der Waals surface area (Å²) in [4.78, 5) is 11.5. The Morgan fingerprint density at radius 2 is 1.59 bits per heavy atom. The van der Waals surface area contributed by atoms with Crippen LogP contribution in [0.5, 0.6) is 0 Å². The van der Waals surface area contributed by atoms with E-state index in [1.807, 2.05) is 50.4 Å². The lowest BCUT2D eigenvalue weighted by Gasteiger charge is -2.19. The molecule has 0 aliphatic rings. The van der Waals surface area contributed by atoms with E-state index in [4.69, 9.17) is 5.73 Å². The fourth-order valence-electron chi connectivity index (χ4n) is 3.22. The summed E-state index contributed by atoms with van der Waals surface area (Å²) < 4.78 is 0. The van der Waals surface area contributed by atoms with Gasteiger partial charge < -0.3 is 11.1 Å². The summed E-state index contributed by atoms with van der Waals surface area (Å²) in [5, 5.41) is 3.36. The second-order valence-corrected chi connectivity index (χ2v) is 6.77. The van der Waals surface area contributed by atoms with Gasteiger partial charge in [0, 0.05) is 12.0 Å². The number of nitrogens with two attached hydrogens (primary N) is 1. The van der Waals surface area contributed by atoms with E-state index in [1.165, 1.54) is 0 Å². The van der Waals surface area contributed by atoms with Crippen molar-refractivity contribution in [1.29, 1.82) is 0 Å². The average Bonchev–Trinajstić information content (AvgIpc) is 2.71. The van der Waals surface area contributed by atoms with Crippen molar-refractivity contribution in [2.24, 2.45) is 11.7 Å². The molecular weight excluding hydrogens is 332 g/mol. The van der Waals surface area contributed by atoms with E-state index in [0.717, 1.165) is 41.5 Å². The van der Waals surface area contributed by atoms with E-state index >= 15 is 0 Å². The molecule has 3 N–H and O–H groups in total. The van der Waals surface area contributed by atoms with Gasteiger partial charge in [0.1, 0.15) is 0 Å². The topological polar surface area (TPSA) is 55.1 Å². The molecule has 0 bridgehead atoms. The third-order valence-electron chi connectivity index (χ3n) is 4.99. The van der Waals surface area contributed by atoms with E-state index in [1.54, 1.807) is 0 Å². The van der Waals surface area contributed by atoms with Crippen molar-refractivity contribution in [2.45, 2.75) is 32.2 Å². The minimum Gasteiger partial charge on any atom is -0.369 e. The van der Waals surface area contributed by atoms with Crippen LogP contribution in [0.25, 0.3) is 11.1 Å². The van der Waals surface area contributed by atoms with Crippen LogP contribution in [0, 0.1) is 5.92 Å². The first kappa shape index (κ1) is 20.7. The van der Waals surface area contributed by atoms with Crippen LogP contribution < -0.4 is 11.1 Å². The number of benzene rings is 2. The lowest BCUT2D eigenvalue weighted by atomic mass is 9.90. The molecule has 0 aromatic heterocycles. The minimum absolute atomic E-state index is 0.0771. The van der Waals surface area contributed by atoms with E-state index in [2.05, 4.69) is 42.2 Å². The lowest BCUT2D eigenvalue weighted by molar-refractivity contribution is -0.122. The predicted molar refractivity (Wildman–Crippen MR) is 115 cm³/mol. The number of hydrogen-bond donors (Lipinski definition) is 2. The Labute approximate surface area is 163 Å². The number of likely N-dealkylation sites (N-methyl/N-ethyl adjacent to an activating group) is 1. The zero-order valence-electron chi connectivity index (χ0n) is 16.3. The Kier molecular flexibility index (Phi) is 8.02. The van der Waals surface area contributed by atoms with Crippen LogP contribution in [0.2, 0.25) is 0 Å². The zero-order valence-corrected chi connectivity index (χ0v) is 16.3. The fraction of sp³-hybridized carbons (Fsp3) is 0.292. The first-order valence-electron chi connectivity index (χ1n) is 9.55. The molecule has 0 spiro atoms. The summed E-state index contributed by atoms with van der Waals surface area (Å²) >= 11 is 0. The largest absolute Gasteiger partial charge is 0.369 e.